The summed E-state index contributed by atoms with van der Waals surface area (Å²) in [5, 5.41) is 13.5. The van der Waals surface area contributed by atoms with Crippen LogP contribution in [0, 0.1) is 0 Å². The lowest BCUT2D eigenvalue weighted by Gasteiger charge is -2.23. The van der Waals surface area contributed by atoms with Gasteiger partial charge in [0.05, 0.1) is 13.2 Å². The molecule has 1 aromatic rings. The third-order valence-corrected chi connectivity index (χ3v) is 4.02. The van der Waals surface area contributed by atoms with Crippen LogP contribution in [0.2, 0.25) is 0 Å². The average Bonchev–Trinajstić information content (AvgIpc) is 2.87. The topological polar surface area (TPSA) is 41.5 Å². The molecule has 2 N–H and O–H groups in total. The first-order chi connectivity index (χ1) is 7.75. The van der Waals surface area contributed by atoms with Crippen molar-refractivity contribution >= 4 is 0 Å². The number of hydrogen-bond acceptors (Lipinski definition) is 3. The second kappa shape index (κ2) is 3.47. The van der Waals surface area contributed by atoms with E-state index in [0.717, 1.165) is 37.2 Å². The van der Waals surface area contributed by atoms with E-state index in [1.807, 2.05) is 12.1 Å². The summed E-state index contributed by atoms with van der Waals surface area (Å²) in [6.45, 7) is 2.04. The number of methoxy groups -OCH3 is 1. The van der Waals surface area contributed by atoms with Crippen LogP contribution in [0.1, 0.15) is 30.1 Å². The Balaban J connectivity index is 2.08. The maximum absolute atomic E-state index is 10.1. The number of ether oxygens (including phenoxy) is 1. The van der Waals surface area contributed by atoms with Gasteiger partial charge in [-0.15, -0.1) is 0 Å². The Morgan fingerprint density at radius 1 is 1.50 bits per heavy atom. The van der Waals surface area contributed by atoms with E-state index >= 15 is 0 Å². The van der Waals surface area contributed by atoms with Crippen LogP contribution in [0.15, 0.2) is 18.2 Å². The SMILES string of the molecule is COc1ccc2c(c1)C(O)CC21CCNC1. The summed E-state index contributed by atoms with van der Waals surface area (Å²) in [5.74, 6) is 0.834. The van der Waals surface area contributed by atoms with Crippen LogP contribution in [-0.4, -0.2) is 25.3 Å². The van der Waals surface area contributed by atoms with Crippen molar-refractivity contribution in [3.05, 3.63) is 29.3 Å². The van der Waals surface area contributed by atoms with Gasteiger partial charge >= 0.3 is 0 Å². The van der Waals surface area contributed by atoms with Crippen LogP contribution in [0.3, 0.4) is 0 Å². The van der Waals surface area contributed by atoms with E-state index in [9.17, 15) is 5.11 Å². The molecule has 3 heteroatoms. The molecule has 0 aromatic heterocycles. The minimum absolute atomic E-state index is 0.168. The molecule has 2 aliphatic rings. The van der Waals surface area contributed by atoms with Crippen molar-refractivity contribution in [1.29, 1.82) is 0 Å². The van der Waals surface area contributed by atoms with E-state index in [4.69, 9.17) is 4.74 Å². The Bertz CT molecular complexity index is 410. The monoisotopic (exact) mass is 219 g/mol. The summed E-state index contributed by atoms with van der Waals surface area (Å²) in [6, 6.07) is 6.10. The minimum atomic E-state index is -0.329. The maximum atomic E-state index is 10.1. The number of hydrogen-bond donors (Lipinski definition) is 2. The van der Waals surface area contributed by atoms with Crippen LogP contribution in [0.5, 0.6) is 5.75 Å². The molecule has 1 fully saturated rings. The van der Waals surface area contributed by atoms with Gasteiger partial charge in [0.1, 0.15) is 5.75 Å². The summed E-state index contributed by atoms with van der Waals surface area (Å²) >= 11 is 0. The highest BCUT2D eigenvalue weighted by atomic mass is 16.5. The highest BCUT2D eigenvalue weighted by Gasteiger charge is 2.45. The van der Waals surface area contributed by atoms with Crippen molar-refractivity contribution in [2.75, 3.05) is 20.2 Å². The lowest BCUT2D eigenvalue weighted by molar-refractivity contribution is 0.158. The largest absolute Gasteiger partial charge is 0.497 e. The molecule has 1 heterocycles. The van der Waals surface area contributed by atoms with Gasteiger partial charge in [0, 0.05) is 12.0 Å². The molecule has 1 aliphatic heterocycles. The molecule has 1 spiro atoms. The molecule has 0 amide bonds. The Hall–Kier alpha value is -1.06. The molecule has 1 saturated heterocycles. The molecule has 86 valence electrons. The minimum Gasteiger partial charge on any atom is -0.497 e. The van der Waals surface area contributed by atoms with Gasteiger partial charge in [-0.05, 0) is 42.6 Å². The first kappa shape index (κ1) is 10.1. The van der Waals surface area contributed by atoms with Crippen molar-refractivity contribution < 1.29 is 9.84 Å². The van der Waals surface area contributed by atoms with Crippen LogP contribution >= 0.6 is 0 Å². The second-order valence-electron chi connectivity index (χ2n) is 4.88. The summed E-state index contributed by atoms with van der Waals surface area (Å²) < 4.78 is 5.21. The number of aliphatic hydroxyl groups excluding tert-OH is 1. The summed E-state index contributed by atoms with van der Waals surface area (Å²) in [6.07, 6.45) is 1.65. The summed E-state index contributed by atoms with van der Waals surface area (Å²) in [7, 11) is 1.66. The quantitative estimate of drug-likeness (QED) is 0.749. The van der Waals surface area contributed by atoms with Crippen LogP contribution in [-0.2, 0) is 5.41 Å². The van der Waals surface area contributed by atoms with Crippen LogP contribution < -0.4 is 10.1 Å². The van der Waals surface area contributed by atoms with Crippen molar-refractivity contribution in [1.82, 2.24) is 5.32 Å². The van der Waals surface area contributed by atoms with Crippen LogP contribution in [0.4, 0.5) is 0 Å². The molecule has 2 unspecified atom stereocenters. The molecule has 1 aromatic carbocycles. The van der Waals surface area contributed by atoms with Gasteiger partial charge in [-0.25, -0.2) is 0 Å². The molecular weight excluding hydrogens is 202 g/mol. The lowest BCUT2D eigenvalue weighted by atomic mass is 9.81. The molecule has 16 heavy (non-hydrogen) atoms. The fraction of sp³-hybridized carbons (Fsp3) is 0.538. The van der Waals surface area contributed by atoms with E-state index in [2.05, 4.69) is 11.4 Å². The van der Waals surface area contributed by atoms with Gasteiger partial charge < -0.3 is 15.2 Å². The fourth-order valence-electron chi connectivity index (χ4n) is 3.16. The van der Waals surface area contributed by atoms with Gasteiger partial charge in [0.2, 0.25) is 0 Å². The number of benzene rings is 1. The molecule has 3 nitrogen and oxygen atoms in total. The molecule has 0 saturated carbocycles. The lowest BCUT2D eigenvalue weighted by Crippen LogP contribution is -2.26. The fourth-order valence-corrected chi connectivity index (χ4v) is 3.16. The molecule has 1 aliphatic carbocycles. The van der Waals surface area contributed by atoms with Crippen molar-refractivity contribution in [3.8, 4) is 5.75 Å². The van der Waals surface area contributed by atoms with E-state index in [0.29, 0.717) is 0 Å². The first-order valence-electron chi connectivity index (χ1n) is 5.82. The maximum Gasteiger partial charge on any atom is 0.119 e. The van der Waals surface area contributed by atoms with E-state index < -0.39 is 0 Å². The van der Waals surface area contributed by atoms with Gasteiger partial charge in [0.15, 0.2) is 0 Å². The molecule has 0 radical (unpaired) electrons. The summed E-state index contributed by atoms with van der Waals surface area (Å²) in [5.41, 5.74) is 2.54. The number of rotatable bonds is 1. The Kier molecular flexibility index (Phi) is 2.19. The molecule has 3 rings (SSSR count). The van der Waals surface area contributed by atoms with E-state index in [1.165, 1.54) is 5.56 Å². The van der Waals surface area contributed by atoms with Crippen LogP contribution in [0.25, 0.3) is 0 Å². The predicted molar refractivity (Wildman–Crippen MR) is 61.7 cm³/mol. The van der Waals surface area contributed by atoms with Gasteiger partial charge in [-0.2, -0.15) is 0 Å². The zero-order valence-electron chi connectivity index (χ0n) is 9.49. The smallest absolute Gasteiger partial charge is 0.119 e. The second-order valence-corrected chi connectivity index (χ2v) is 4.88. The zero-order valence-corrected chi connectivity index (χ0v) is 9.49. The third kappa shape index (κ3) is 1.28. The van der Waals surface area contributed by atoms with Crippen molar-refractivity contribution in [2.45, 2.75) is 24.4 Å². The highest BCUT2D eigenvalue weighted by molar-refractivity contribution is 5.46. The van der Waals surface area contributed by atoms with Gasteiger partial charge in [0.25, 0.3) is 0 Å². The Labute approximate surface area is 95.4 Å². The number of fused-ring (bicyclic) bond motifs is 2. The van der Waals surface area contributed by atoms with Gasteiger partial charge in [-0.1, -0.05) is 6.07 Å². The molecule has 0 bridgehead atoms. The highest BCUT2D eigenvalue weighted by Crippen LogP contribution is 2.49. The standard InChI is InChI=1S/C13H17NO2/c1-16-9-2-3-11-10(6-9)12(15)7-13(11)4-5-14-8-13/h2-3,6,12,14-15H,4-5,7-8H2,1H3. The first-order valence-corrected chi connectivity index (χ1v) is 5.82. The van der Waals surface area contributed by atoms with E-state index in [1.54, 1.807) is 7.11 Å². The molecular formula is C13H17NO2. The zero-order chi connectivity index (χ0) is 11.2. The summed E-state index contributed by atoms with van der Waals surface area (Å²) in [4.78, 5) is 0. The van der Waals surface area contributed by atoms with Crippen molar-refractivity contribution in [2.24, 2.45) is 0 Å². The average molecular weight is 219 g/mol. The predicted octanol–water partition coefficient (Wildman–Crippen LogP) is 1.36. The van der Waals surface area contributed by atoms with E-state index in [-0.39, 0.29) is 11.5 Å². The Morgan fingerprint density at radius 2 is 2.38 bits per heavy atom. The number of aliphatic hydroxyl groups is 1. The normalized spacial score (nSPS) is 32.0. The number of nitrogens with one attached hydrogen (secondary N) is 1. The van der Waals surface area contributed by atoms with Gasteiger partial charge in [-0.3, -0.25) is 0 Å². The van der Waals surface area contributed by atoms with Crippen molar-refractivity contribution in [3.63, 3.8) is 0 Å². The third-order valence-electron chi connectivity index (χ3n) is 4.02. The Morgan fingerprint density at radius 3 is 3.06 bits per heavy atom. The molecule has 2 atom stereocenters.